The molecule has 7 heteroatoms. The largest absolute Gasteiger partial charge is 0.340 e. The van der Waals surface area contributed by atoms with Gasteiger partial charge in [-0.05, 0) is 17.7 Å². The number of likely N-dealkylation sites (N-methyl/N-ethyl adjacent to an activating group) is 1. The van der Waals surface area contributed by atoms with E-state index in [1.807, 2.05) is 24.3 Å². The van der Waals surface area contributed by atoms with Crippen molar-refractivity contribution in [3.05, 3.63) is 34.3 Å². The second-order valence-electron chi connectivity index (χ2n) is 4.81. The molecule has 1 aliphatic heterocycles. The Morgan fingerprint density at radius 1 is 1.45 bits per heavy atom. The number of nitrogens with one attached hydrogen (secondary N) is 1. The van der Waals surface area contributed by atoms with E-state index in [1.54, 1.807) is 7.05 Å². The Morgan fingerprint density at radius 2 is 2.05 bits per heavy atom. The number of hydrogen-bond acceptors (Lipinski definition) is 2. The maximum atomic E-state index is 13.1. The SMILES string of the molecule is CN(Cc1ccc(Br)cc1)C(=O)C1CC(F)(F)CN1.Cl. The Balaban J connectivity index is 0.00000200. The Morgan fingerprint density at radius 3 is 2.55 bits per heavy atom. The topological polar surface area (TPSA) is 32.3 Å². The molecule has 20 heavy (non-hydrogen) atoms. The van der Waals surface area contributed by atoms with Crippen LogP contribution in [0, 0.1) is 0 Å². The third-order valence-corrected chi connectivity index (χ3v) is 3.65. The molecule has 1 amide bonds. The molecule has 0 radical (unpaired) electrons. The summed E-state index contributed by atoms with van der Waals surface area (Å²) < 4.78 is 27.1. The summed E-state index contributed by atoms with van der Waals surface area (Å²) >= 11 is 3.33. The van der Waals surface area contributed by atoms with Crippen molar-refractivity contribution in [1.82, 2.24) is 10.2 Å². The number of carbonyl (C=O) groups is 1. The van der Waals surface area contributed by atoms with Crippen LogP contribution in [-0.2, 0) is 11.3 Å². The summed E-state index contributed by atoms with van der Waals surface area (Å²) in [6, 6.07) is 6.77. The summed E-state index contributed by atoms with van der Waals surface area (Å²) in [6.45, 7) is -0.00854. The lowest BCUT2D eigenvalue weighted by molar-refractivity contribution is -0.132. The summed E-state index contributed by atoms with van der Waals surface area (Å²) in [6.07, 6.45) is -0.420. The Kier molecular flexibility index (Phi) is 5.91. The van der Waals surface area contributed by atoms with Gasteiger partial charge in [-0.1, -0.05) is 28.1 Å². The molecule has 0 spiro atoms. The van der Waals surface area contributed by atoms with Gasteiger partial charge in [-0.3, -0.25) is 10.1 Å². The van der Waals surface area contributed by atoms with Gasteiger partial charge in [0.2, 0.25) is 5.91 Å². The van der Waals surface area contributed by atoms with Gasteiger partial charge < -0.3 is 4.90 Å². The van der Waals surface area contributed by atoms with Crippen LogP contribution in [0.2, 0.25) is 0 Å². The highest BCUT2D eigenvalue weighted by Gasteiger charge is 2.43. The van der Waals surface area contributed by atoms with E-state index in [9.17, 15) is 13.6 Å². The number of alkyl halides is 2. The van der Waals surface area contributed by atoms with Crippen molar-refractivity contribution < 1.29 is 13.6 Å². The molecule has 1 heterocycles. The highest BCUT2D eigenvalue weighted by Crippen LogP contribution is 2.26. The van der Waals surface area contributed by atoms with Crippen LogP contribution in [0.5, 0.6) is 0 Å². The molecule has 1 aromatic carbocycles. The summed E-state index contributed by atoms with van der Waals surface area (Å²) in [5.41, 5.74) is 0.962. The fourth-order valence-electron chi connectivity index (χ4n) is 2.10. The number of rotatable bonds is 3. The van der Waals surface area contributed by atoms with Crippen LogP contribution in [0.25, 0.3) is 0 Å². The van der Waals surface area contributed by atoms with Crippen molar-refractivity contribution in [2.75, 3.05) is 13.6 Å². The fourth-order valence-corrected chi connectivity index (χ4v) is 2.36. The van der Waals surface area contributed by atoms with E-state index >= 15 is 0 Å². The van der Waals surface area contributed by atoms with Crippen molar-refractivity contribution in [1.29, 1.82) is 0 Å². The second-order valence-corrected chi connectivity index (χ2v) is 5.73. The van der Waals surface area contributed by atoms with Crippen LogP contribution < -0.4 is 5.32 Å². The molecule has 1 aromatic rings. The Bertz CT molecular complexity index is 470. The van der Waals surface area contributed by atoms with Crippen molar-refractivity contribution in [2.24, 2.45) is 0 Å². The summed E-state index contributed by atoms with van der Waals surface area (Å²) in [7, 11) is 1.63. The number of amides is 1. The number of carbonyl (C=O) groups excluding carboxylic acids is 1. The Labute approximate surface area is 131 Å². The zero-order valence-electron chi connectivity index (χ0n) is 10.9. The van der Waals surface area contributed by atoms with Gasteiger partial charge in [-0.2, -0.15) is 0 Å². The van der Waals surface area contributed by atoms with Gasteiger partial charge in [-0.25, -0.2) is 8.78 Å². The molecule has 1 saturated heterocycles. The van der Waals surface area contributed by atoms with E-state index in [2.05, 4.69) is 21.2 Å². The monoisotopic (exact) mass is 368 g/mol. The van der Waals surface area contributed by atoms with Crippen LogP contribution in [0.3, 0.4) is 0 Å². The lowest BCUT2D eigenvalue weighted by atomic mass is 10.1. The van der Waals surface area contributed by atoms with Crippen LogP contribution >= 0.6 is 28.3 Å². The van der Waals surface area contributed by atoms with E-state index in [1.165, 1.54) is 4.90 Å². The standard InChI is InChI=1S/C13H15BrF2N2O.ClH/c1-18(7-9-2-4-10(14)5-3-9)12(19)11-6-13(15,16)8-17-11;/h2-5,11,17H,6-8H2,1H3;1H. The van der Waals surface area contributed by atoms with E-state index in [-0.39, 0.29) is 18.3 Å². The molecule has 1 atom stereocenters. The zero-order valence-corrected chi connectivity index (χ0v) is 13.3. The lowest BCUT2D eigenvalue weighted by Crippen LogP contribution is -2.41. The molecule has 112 valence electrons. The highest BCUT2D eigenvalue weighted by atomic mass is 79.9. The minimum absolute atomic E-state index is 0. The molecule has 0 aromatic heterocycles. The van der Waals surface area contributed by atoms with Gasteiger partial charge in [0, 0.05) is 24.5 Å². The van der Waals surface area contributed by atoms with Crippen molar-refractivity contribution in [3.63, 3.8) is 0 Å². The van der Waals surface area contributed by atoms with Crippen LogP contribution in [-0.4, -0.2) is 36.4 Å². The average Bonchev–Trinajstić information content (AvgIpc) is 2.71. The molecule has 0 aliphatic carbocycles. The van der Waals surface area contributed by atoms with Crippen molar-refractivity contribution in [3.8, 4) is 0 Å². The summed E-state index contributed by atoms with van der Waals surface area (Å²) in [5, 5.41) is 2.57. The average molecular weight is 370 g/mol. The molecule has 2 rings (SSSR count). The van der Waals surface area contributed by atoms with E-state index in [0.29, 0.717) is 6.54 Å². The van der Waals surface area contributed by atoms with Gasteiger partial charge in [-0.15, -0.1) is 12.4 Å². The molecule has 3 nitrogen and oxygen atoms in total. The Hall–Kier alpha value is -0.720. The molecule has 0 bridgehead atoms. The molecule has 1 aliphatic rings. The third kappa shape index (κ3) is 4.40. The fraction of sp³-hybridized carbons (Fsp3) is 0.462. The van der Waals surface area contributed by atoms with Gasteiger partial charge >= 0.3 is 0 Å². The van der Waals surface area contributed by atoms with Gasteiger partial charge in [0.25, 0.3) is 5.92 Å². The number of benzene rings is 1. The van der Waals surface area contributed by atoms with E-state index in [4.69, 9.17) is 0 Å². The normalized spacial score (nSPS) is 20.3. The minimum Gasteiger partial charge on any atom is -0.340 e. The van der Waals surface area contributed by atoms with E-state index < -0.39 is 24.9 Å². The van der Waals surface area contributed by atoms with Gasteiger partial charge in [0.05, 0.1) is 12.6 Å². The predicted molar refractivity (Wildman–Crippen MR) is 79.2 cm³/mol. The molecular formula is C13H16BrClF2N2O. The highest BCUT2D eigenvalue weighted by molar-refractivity contribution is 9.10. The summed E-state index contributed by atoms with van der Waals surface area (Å²) in [4.78, 5) is 13.5. The first-order valence-corrected chi connectivity index (χ1v) is 6.77. The van der Waals surface area contributed by atoms with Gasteiger partial charge in [0.15, 0.2) is 0 Å². The number of halogens is 4. The zero-order chi connectivity index (χ0) is 14.0. The molecular weight excluding hydrogens is 354 g/mol. The lowest BCUT2D eigenvalue weighted by Gasteiger charge is -2.21. The van der Waals surface area contributed by atoms with Crippen molar-refractivity contribution >= 4 is 34.2 Å². The first kappa shape index (κ1) is 17.3. The third-order valence-electron chi connectivity index (χ3n) is 3.12. The van der Waals surface area contributed by atoms with E-state index in [0.717, 1.165) is 10.0 Å². The maximum absolute atomic E-state index is 13.1. The van der Waals surface area contributed by atoms with Crippen LogP contribution in [0.4, 0.5) is 8.78 Å². The molecule has 1 N–H and O–H groups in total. The van der Waals surface area contributed by atoms with Crippen LogP contribution in [0.15, 0.2) is 28.7 Å². The molecule has 1 fully saturated rings. The molecule has 0 saturated carbocycles. The van der Waals surface area contributed by atoms with Crippen molar-refractivity contribution in [2.45, 2.75) is 24.9 Å². The summed E-state index contributed by atoms with van der Waals surface area (Å²) in [5.74, 6) is -3.07. The smallest absolute Gasteiger partial charge is 0.262 e. The number of nitrogens with zero attached hydrogens (tertiary/aromatic N) is 1. The second kappa shape index (κ2) is 6.83. The maximum Gasteiger partial charge on any atom is 0.262 e. The minimum atomic E-state index is -2.78. The van der Waals surface area contributed by atoms with Crippen LogP contribution in [0.1, 0.15) is 12.0 Å². The molecule has 1 unspecified atom stereocenters. The number of hydrogen-bond donors (Lipinski definition) is 1. The first-order chi connectivity index (χ1) is 8.87. The quantitative estimate of drug-likeness (QED) is 0.888. The van der Waals surface area contributed by atoms with Gasteiger partial charge in [0.1, 0.15) is 0 Å². The first-order valence-electron chi connectivity index (χ1n) is 5.98. The predicted octanol–water partition coefficient (Wildman–Crippen LogP) is 2.83.